The maximum atomic E-state index is 12.7. The molecule has 0 saturated carbocycles. The molecule has 26 heavy (non-hydrogen) atoms. The predicted octanol–water partition coefficient (Wildman–Crippen LogP) is 2.05. The van der Waals surface area contributed by atoms with Gasteiger partial charge in [-0.05, 0) is 38.8 Å². The van der Waals surface area contributed by atoms with Crippen LogP contribution < -0.4 is 10.2 Å². The molecule has 0 spiro atoms. The van der Waals surface area contributed by atoms with E-state index >= 15 is 0 Å². The van der Waals surface area contributed by atoms with Gasteiger partial charge in [0.25, 0.3) is 0 Å². The number of benzene rings is 1. The fourth-order valence-electron chi connectivity index (χ4n) is 3.94. The molecular formula is C20H24N4O2. The van der Waals surface area contributed by atoms with Crippen LogP contribution in [0.5, 0.6) is 0 Å². The second kappa shape index (κ2) is 6.59. The van der Waals surface area contributed by atoms with Gasteiger partial charge in [0, 0.05) is 36.7 Å². The average Bonchev–Trinajstić information content (AvgIpc) is 3.16. The molecule has 1 aromatic heterocycles. The molecule has 2 aliphatic rings. The molecule has 0 unspecified atom stereocenters. The third-order valence-corrected chi connectivity index (χ3v) is 5.35. The second-order valence-electron chi connectivity index (χ2n) is 7.44. The van der Waals surface area contributed by atoms with E-state index in [1.807, 2.05) is 38.1 Å². The zero-order chi connectivity index (χ0) is 18.3. The summed E-state index contributed by atoms with van der Waals surface area (Å²) in [5.41, 5.74) is 4.23. The van der Waals surface area contributed by atoms with Gasteiger partial charge < -0.3 is 15.2 Å². The topological polar surface area (TPSA) is 78.1 Å². The van der Waals surface area contributed by atoms with Gasteiger partial charge in [-0.3, -0.25) is 9.59 Å². The van der Waals surface area contributed by atoms with Crippen molar-refractivity contribution in [2.45, 2.75) is 45.6 Å². The summed E-state index contributed by atoms with van der Waals surface area (Å²) in [4.78, 5) is 34.5. The highest BCUT2D eigenvalue weighted by Crippen LogP contribution is 2.26. The Kier molecular flexibility index (Phi) is 4.26. The van der Waals surface area contributed by atoms with Crippen molar-refractivity contribution in [3.05, 3.63) is 47.0 Å². The zero-order valence-corrected chi connectivity index (χ0v) is 15.2. The second-order valence-corrected chi connectivity index (χ2v) is 7.44. The Bertz CT molecular complexity index is 840. The molecule has 2 N–H and O–H groups in total. The van der Waals surface area contributed by atoms with Crippen molar-refractivity contribution in [2.75, 3.05) is 11.4 Å². The molecule has 6 heteroatoms. The van der Waals surface area contributed by atoms with Gasteiger partial charge >= 0.3 is 0 Å². The minimum absolute atomic E-state index is 0.0476. The zero-order valence-electron chi connectivity index (χ0n) is 15.2. The number of carbonyl (C=O) groups is 2. The number of fused-ring (bicyclic) bond motifs is 1. The van der Waals surface area contributed by atoms with Gasteiger partial charge in [-0.15, -0.1) is 0 Å². The van der Waals surface area contributed by atoms with Crippen molar-refractivity contribution < 1.29 is 9.59 Å². The highest BCUT2D eigenvalue weighted by atomic mass is 16.2. The highest BCUT2D eigenvalue weighted by Gasteiger charge is 2.34. The number of aromatic nitrogens is 2. The summed E-state index contributed by atoms with van der Waals surface area (Å²) >= 11 is 0. The van der Waals surface area contributed by atoms with Crippen LogP contribution in [0.3, 0.4) is 0 Å². The van der Waals surface area contributed by atoms with Crippen LogP contribution in [0.4, 0.5) is 5.69 Å². The first-order chi connectivity index (χ1) is 12.5. The molecule has 1 saturated heterocycles. The lowest BCUT2D eigenvalue weighted by molar-refractivity contribution is -0.126. The van der Waals surface area contributed by atoms with Crippen molar-refractivity contribution in [1.29, 1.82) is 0 Å². The molecule has 2 aromatic rings. The molecule has 6 nitrogen and oxygen atoms in total. The Morgan fingerprint density at radius 2 is 2.00 bits per heavy atom. The van der Waals surface area contributed by atoms with Crippen molar-refractivity contribution in [2.24, 2.45) is 5.92 Å². The maximum Gasteiger partial charge on any atom is 0.229 e. The number of H-pyrrole nitrogens is 1. The van der Waals surface area contributed by atoms with Crippen LogP contribution in [0, 0.1) is 19.8 Å². The van der Waals surface area contributed by atoms with Crippen LogP contribution in [0.1, 0.15) is 35.6 Å². The molecule has 136 valence electrons. The molecule has 1 fully saturated rings. The van der Waals surface area contributed by atoms with Crippen LogP contribution in [-0.2, 0) is 22.4 Å². The van der Waals surface area contributed by atoms with E-state index < -0.39 is 0 Å². The van der Waals surface area contributed by atoms with Crippen molar-refractivity contribution in [1.82, 2.24) is 15.3 Å². The third-order valence-electron chi connectivity index (χ3n) is 5.35. The van der Waals surface area contributed by atoms with Crippen LogP contribution >= 0.6 is 0 Å². The lowest BCUT2D eigenvalue weighted by Gasteiger charge is -2.23. The smallest absolute Gasteiger partial charge is 0.229 e. The summed E-state index contributed by atoms with van der Waals surface area (Å²) in [7, 11) is 0. The summed E-state index contributed by atoms with van der Waals surface area (Å²) in [6.07, 6.45) is 2.70. The molecule has 1 aliphatic carbocycles. The lowest BCUT2D eigenvalue weighted by atomic mass is 9.89. The van der Waals surface area contributed by atoms with Gasteiger partial charge in [-0.25, -0.2) is 4.98 Å². The summed E-state index contributed by atoms with van der Waals surface area (Å²) in [5.74, 6) is 0.970. The Morgan fingerprint density at radius 1 is 1.23 bits per heavy atom. The number of imidazole rings is 1. The van der Waals surface area contributed by atoms with Gasteiger partial charge in [-0.1, -0.05) is 17.7 Å². The maximum absolute atomic E-state index is 12.7. The van der Waals surface area contributed by atoms with Crippen LogP contribution in [0.15, 0.2) is 24.3 Å². The number of amides is 2. The molecule has 2 amide bonds. The number of nitrogens with zero attached hydrogens (tertiary/aromatic N) is 2. The monoisotopic (exact) mass is 352 g/mol. The molecule has 1 aromatic carbocycles. The number of aryl methyl sites for hydroxylation is 3. The quantitative estimate of drug-likeness (QED) is 0.887. The first-order valence-corrected chi connectivity index (χ1v) is 9.21. The Hall–Kier alpha value is -2.63. The van der Waals surface area contributed by atoms with Crippen molar-refractivity contribution in [3.8, 4) is 0 Å². The summed E-state index contributed by atoms with van der Waals surface area (Å²) in [6.45, 7) is 4.50. The van der Waals surface area contributed by atoms with Gasteiger partial charge in [0.2, 0.25) is 11.8 Å². The molecule has 0 bridgehead atoms. The van der Waals surface area contributed by atoms with Crippen LogP contribution in [0.2, 0.25) is 0 Å². The van der Waals surface area contributed by atoms with E-state index in [2.05, 4.69) is 15.3 Å². The van der Waals surface area contributed by atoms with E-state index in [4.69, 9.17) is 0 Å². The largest absolute Gasteiger partial charge is 0.351 e. The SMILES string of the molecule is Cc1ccc(N2C[C@@H](NC(=O)[C@@H]3CCc4nc(C)[nH]c4C3)CC2=O)cc1. The molecule has 2 atom stereocenters. The first-order valence-electron chi connectivity index (χ1n) is 9.21. The normalized spacial score (nSPS) is 22.4. The molecular weight excluding hydrogens is 328 g/mol. The number of hydrogen-bond donors (Lipinski definition) is 2. The van der Waals surface area contributed by atoms with Crippen molar-refractivity contribution >= 4 is 17.5 Å². The fourth-order valence-corrected chi connectivity index (χ4v) is 3.94. The summed E-state index contributed by atoms with van der Waals surface area (Å²) in [6, 6.07) is 7.80. The molecule has 0 radical (unpaired) electrons. The Labute approximate surface area is 153 Å². The number of anilines is 1. The van der Waals surface area contributed by atoms with Gasteiger partial charge in [0.05, 0.1) is 11.7 Å². The Morgan fingerprint density at radius 3 is 2.77 bits per heavy atom. The predicted molar refractivity (Wildman–Crippen MR) is 98.9 cm³/mol. The number of aromatic amines is 1. The van der Waals surface area contributed by atoms with Gasteiger partial charge in [0.1, 0.15) is 5.82 Å². The minimum atomic E-state index is -0.124. The van der Waals surface area contributed by atoms with E-state index in [0.717, 1.165) is 41.3 Å². The Balaban J connectivity index is 1.38. The van der Waals surface area contributed by atoms with E-state index in [9.17, 15) is 9.59 Å². The average molecular weight is 352 g/mol. The third kappa shape index (κ3) is 3.23. The van der Waals surface area contributed by atoms with E-state index in [1.54, 1.807) is 4.90 Å². The number of rotatable bonds is 3. The van der Waals surface area contributed by atoms with E-state index in [1.165, 1.54) is 0 Å². The van der Waals surface area contributed by atoms with Gasteiger partial charge in [0.15, 0.2) is 0 Å². The minimum Gasteiger partial charge on any atom is -0.351 e. The van der Waals surface area contributed by atoms with Crippen LogP contribution in [0.25, 0.3) is 0 Å². The first kappa shape index (κ1) is 16.8. The number of hydrogen-bond acceptors (Lipinski definition) is 3. The molecule has 1 aliphatic heterocycles. The number of carbonyl (C=O) groups excluding carboxylic acids is 2. The standard InChI is InChI=1S/C20H24N4O2/c1-12-3-6-16(7-4-12)24-11-15(10-19(24)25)23-20(26)14-5-8-17-18(9-14)22-13(2)21-17/h3-4,6-7,14-15H,5,8-11H2,1-2H3,(H,21,22)(H,23,26)/t14-,15+/m1/s1. The molecule has 4 rings (SSSR count). The summed E-state index contributed by atoms with van der Waals surface area (Å²) in [5, 5.41) is 3.09. The lowest BCUT2D eigenvalue weighted by Crippen LogP contribution is -2.42. The van der Waals surface area contributed by atoms with Crippen molar-refractivity contribution in [3.63, 3.8) is 0 Å². The fraction of sp³-hybridized carbons (Fsp3) is 0.450. The van der Waals surface area contributed by atoms with Gasteiger partial charge in [-0.2, -0.15) is 0 Å². The van der Waals surface area contributed by atoms with E-state index in [-0.39, 0.29) is 23.8 Å². The highest BCUT2D eigenvalue weighted by molar-refractivity contribution is 5.97. The number of nitrogens with one attached hydrogen (secondary N) is 2. The molecule has 2 heterocycles. The van der Waals surface area contributed by atoms with E-state index in [0.29, 0.717) is 19.4 Å². The summed E-state index contributed by atoms with van der Waals surface area (Å²) < 4.78 is 0. The van der Waals surface area contributed by atoms with Crippen LogP contribution in [-0.4, -0.2) is 34.4 Å².